The minimum atomic E-state index is 0.384. The van der Waals surface area contributed by atoms with Gasteiger partial charge in [-0.25, -0.2) is 4.68 Å². The van der Waals surface area contributed by atoms with Gasteiger partial charge in [0.05, 0.1) is 34.3 Å². The summed E-state index contributed by atoms with van der Waals surface area (Å²) < 4.78 is 10.8. The summed E-state index contributed by atoms with van der Waals surface area (Å²) in [6.07, 6.45) is 3.89. The molecule has 5 aromatic carbocycles. The van der Waals surface area contributed by atoms with Crippen LogP contribution in [-0.4, -0.2) is 19.3 Å². The van der Waals surface area contributed by atoms with Crippen LogP contribution in [0, 0.1) is 13.8 Å². The van der Waals surface area contributed by atoms with Gasteiger partial charge < -0.3 is 9.30 Å². The van der Waals surface area contributed by atoms with Gasteiger partial charge in [0.1, 0.15) is 11.5 Å². The van der Waals surface area contributed by atoms with E-state index in [9.17, 15) is 0 Å². The SMILES string of the molecule is Cc1nn(-c2cccc(Oc3ccc4c5ccccc5n(-c5cncc(C(C)C)c5)c4c3)c2)c(C)c1-c1ccc(-c2ccccc2)cc1. The van der Waals surface area contributed by atoms with Crippen molar-refractivity contribution in [2.24, 2.45) is 0 Å². The van der Waals surface area contributed by atoms with Crippen LogP contribution in [0.5, 0.6) is 11.5 Å². The molecular formula is C43H36N4O. The average molecular weight is 625 g/mol. The molecule has 0 fully saturated rings. The average Bonchev–Trinajstić information content (AvgIpc) is 3.61. The van der Waals surface area contributed by atoms with Crippen molar-refractivity contribution >= 4 is 21.8 Å². The molecule has 0 aliphatic carbocycles. The van der Waals surface area contributed by atoms with Crippen molar-refractivity contribution in [3.63, 3.8) is 0 Å². The molecule has 0 radical (unpaired) electrons. The molecule has 0 aliphatic heterocycles. The van der Waals surface area contributed by atoms with E-state index in [1.54, 1.807) is 0 Å². The Morgan fingerprint density at radius 1 is 0.583 bits per heavy atom. The molecule has 8 aromatic rings. The van der Waals surface area contributed by atoms with Gasteiger partial charge in [-0.05, 0) is 78.4 Å². The summed E-state index contributed by atoms with van der Waals surface area (Å²) >= 11 is 0. The van der Waals surface area contributed by atoms with Crippen LogP contribution < -0.4 is 4.74 Å². The molecule has 0 aliphatic rings. The van der Waals surface area contributed by atoms with E-state index in [4.69, 9.17) is 9.84 Å². The van der Waals surface area contributed by atoms with Crippen LogP contribution in [-0.2, 0) is 0 Å². The van der Waals surface area contributed by atoms with Crippen molar-refractivity contribution in [2.75, 3.05) is 0 Å². The summed E-state index contributed by atoms with van der Waals surface area (Å²) in [7, 11) is 0. The van der Waals surface area contributed by atoms with E-state index in [1.165, 1.54) is 27.5 Å². The van der Waals surface area contributed by atoms with Crippen molar-refractivity contribution < 1.29 is 4.74 Å². The maximum atomic E-state index is 6.54. The second-order valence-electron chi connectivity index (χ2n) is 12.7. The second-order valence-corrected chi connectivity index (χ2v) is 12.7. The van der Waals surface area contributed by atoms with E-state index < -0.39 is 0 Å². The number of aryl methyl sites for hydroxylation is 1. The molecule has 0 atom stereocenters. The minimum Gasteiger partial charge on any atom is -0.457 e. The van der Waals surface area contributed by atoms with Crippen molar-refractivity contribution in [3.8, 4) is 45.1 Å². The number of fused-ring (bicyclic) bond motifs is 3. The van der Waals surface area contributed by atoms with E-state index >= 15 is 0 Å². The summed E-state index contributed by atoms with van der Waals surface area (Å²) in [5.41, 5.74) is 12.2. The third kappa shape index (κ3) is 5.23. The van der Waals surface area contributed by atoms with Crippen LogP contribution in [0.2, 0.25) is 0 Å². The molecule has 234 valence electrons. The zero-order chi connectivity index (χ0) is 32.8. The Morgan fingerprint density at radius 2 is 1.29 bits per heavy atom. The quantitative estimate of drug-likeness (QED) is 0.177. The van der Waals surface area contributed by atoms with Crippen LogP contribution >= 0.6 is 0 Å². The molecule has 0 spiro atoms. The first-order chi connectivity index (χ1) is 23.4. The Hall–Kier alpha value is -5.94. The van der Waals surface area contributed by atoms with E-state index in [0.717, 1.165) is 56.4 Å². The van der Waals surface area contributed by atoms with Crippen LogP contribution in [0.1, 0.15) is 36.7 Å². The maximum absolute atomic E-state index is 6.54. The molecule has 5 nitrogen and oxygen atoms in total. The highest BCUT2D eigenvalue weighted by molar-refractivity contribution is 6.09. The number of pyridine rings is 1. The van der Waals surface area contributed by atoms with Gasteiger partial charge in [-0.1, -0.05) is 92.7 Å². The smallest absolute Gasteiger partial charge is 0.129 e. The fourth-order valence-electron chi connectivity index (χ4n) is 6.76. The van der Waals surface area contributed by atoms with E-state index in [-0.39, 0.29) is 0 Å². The number of ether oxygens (including phenoxy) is 1. The number of hydrogen-bond donors (Lipinski definition) is 0. The first-order valence-corrected chi connectivity index (χ1v) is 16.4. The molecule has 0 saturated carbocycles. The largest absolute Gasteiger partial charge is 0.457 e. The predicted octanol–water partition coefficient (Wildman–Crippen LogP) is 11.2. The van der Waals surface area contributed by atoms with Crippen molar-refractivity contribution in [3.05, 3.63) is 157 Å². The zero-order valence-electron chi connectivity index (χ0n) is 27.6. The van der Waals surface area contributed by atoms with Gasteiger partial charge >= 0.3 is 0 Å². The Bertz CT molecular complexity index is 2420. The Kier molecular flexibility index (Phi) is 7.37. The lowest BCUT2D eigenvalue weighted by molar-refractivity contribution is 0.483. The van der Waals surface area contributed by atoms with Crippen molar-refractivity contribution in [2.45, 2.75) is 33.6 Å². The van der Waals surface area contributed by atoms with E-state index in [2.05, 4.69) is 146 Å². The summed E-state index contributed by atoms with van der Waals surface area (Å²) in [6.45, 7) is 8.60. The third-order valence-electron chi connectivity index (χ3n) is 9.18. The monoisotopic (exact) mass is 624 g/mol. The summed E-state index contributed by atoms with van der Waals surface area (Å²) in [5.74, 6) is 1.90. The normalized spacial score (nSPS) is 11.5. The molecular weight excluding hydrogens is 589 g/mol. The number of nitrogens with zero attached hydrogens (tertiary/aromatic N) is 4. The lowest BCUT2D eigenvalue weighted by Gasteiger charge is -2.12. The number of rotatable bonds is 7. The Balaban J connectivity index is 1.13. The third-order valence-corrected chi connectivity index (χ3v) is 9.18. The highest BCUT2D eigenvalue weighted by atomic mass is 16.5. The Labute approximate surface area is 280 Å². The molecule has 0 unspecified atom stereocenters. The molecule has 0 N–H and O–H groups in total. The molecule has 3 aromatic heterocycles. The summed E-state index contributed by atoms with van der Waals surface area (Å²) in [4.78, 5) is 4.59. The fourth-order valence-corrected chi connectivity index (χ4v) is 6.76. The summed E-state index contributed by atoms with van der Waals surface area (Å²) in [6, 6.07) is 44.5. The van der Waals surface area contributed by atoms with Crippen molar-refractivity contribution in [1.29, 1.82) is 0 Å². The maximum Gasteiger partial charge on any atom is 0.129 e. The summed E-state index contributed by atoms with van der Waals surface area (Å²) in [5, 5.41) is 7.34. The van der Waals surface area contributed by atoms with Crippen LogP contribution in [0.4, 0.5) is 0 Å². The first-order valence-electron chi connectivity index (χ1n) is 16.4. The van der Waals surface area contributed by atoms with Crippen LogP contribution in [0.15, 0.2) is 140 Å². The van der Waals surface area contributed by atoms with Gasteiger partial charge in [0, 0.05) is 40.4 Å². The topological polar surface area (TPSA) is 44.9 Å². The molecule has 5 heteroatoms. The van der Waals surface area contributed by atoms with Gasteiger partial charge in [0.2, 0.25) is 0 Å². The minimum absolute atomic E-state index is 0.384. The van der Waals surface area contributed by atoms with Gasteiger partial charge in [-0.2, -0.15) is 5.10 Å². The number of benzene rings is 5. The first kappa shape index (κ1) is 29.5. The van der Waals surface area contributed by atoms with Crippen LogP contribution in [0.25, 0.3) is 55.4 Å². The molecule has 0 amide bonds. The second kappa shape index (κ2) is 12.0. The lowest BCUT2D eigenvalue weighted by Crippen LogP contribution is -1.99. The molecule has 0 bridgehead atoms. The predicted molar refractivity (Wildman–Crippen MR) is 197 cm³/mol. The van der Waals surface area contributed by atoms with E-state index in [0.29, 0.717) is 5.92 Å². The molecule has 3 heterocycles. The van der Waals surface area contributed by atoms with Crippen LogP contribution in [0.3, 0.4) is 0 Å². The fraction of sp³-hybridized carbons (Fsp3) is 0.116. The zero-order valence-corrected chi connectivity index (χ0v) is 27.6. The Morgan fingerprint density at radius 3 is 2.10 bits per heavy atom. The highest BCUT2D eigenvalue weighted by Crippen LogP contribution is 2.36. The van der Waals surface area contributed by atoms with Gasteiger partial charge in [-0.15, -0.1) is 0 Å². The number of aromatic nitrogens is 4. The van der Waals surface area contributed by atoms with Gasteiger partial charge in [0.15, 0.2) is 0 Å². The van der Waals surface area contributed by atoms with Gasteiger partial charge in [0.25, 0.3) is 0 Å². The van der Waals surface area contributed by atoms with E-state index in [1.807, 2.05) is 35.3 Å². The highest BCUT2D eigenvalue weighted by Gasteiger charge is 2.17. The van der Waals surface area contributed by atoms with Gasteiger partial charge in [-0.3, -0.25) is 4.98 Å². The standard InChI is InChI=1S/C43H36N4O/c1-28(2)34-23-36(27-44-26-34)46-41-16-9-8-15-39(41)40-22-21-38(25-42(40)46)48-37-14-10-13-35(24-37)47-30(4)43(29(3)45-47)33-19-17-32(18-20-33)31-11-6-5-7-12-31/h5-28H,1-4H3. The number of hydrogen-bond acceptors (Lipinski definition) is 3. The molecule has 8 rings (SSSR count). The lowest BCUT2D eigenvalue weighted by atomic mass is 9.99. The molecule has 48 heavy (non-hydrogen) atoms. The van der Waals surface area contributed by atoms with Crippen molar-refractivity contribution in [1.82, 2.24) is 19.3 Å². The molecule has 0 saturated heterocycles. The number of para-hydroxylation sites is 1.